The summed E-state index contributed by atoms with van der Waals surface area (Å²) in [7, 11) is 3.15. The van der Waals surface area contributed by atoms with Crippen molar-refractivity contribution in [3.8, 4) is 11.5 Å². The maximum absolute atomic E-state index is 11.9. The van der Waals surface area contributed by atoms with Crippen molar-refractivity contribution in [2.24, 2.45) is 0 Å². The first kappa shape index (κ1) is 14.9. The molecule has 2 aromatic carbocycles. The third-order valence-corrected chi connectivity index (χ3v) is 3.00. The van der Waals surface area contributed by atoms with Gasteiger partial charge in [0.25, 0.3) is 0 Å². The highest BCUT2D eigenvalue weighted by Crippen LogP contribution is 2.23. The lowest BCUT2D eigenvalue weighted by molar-refractivity contribution is -0.144. The number of methoxy groups -OCH3 is 2. The van der Waals surface area contributed by atoms with Crippen LogP contribution in [0.4, 0.5) is 0 Å². The van der Waals surface area contributed by atoms with Gasteiger partial charge in [-0.1, -0.05) is 30.3 Å². The minimum atomic E-state index is -0.283. The molecule has 0 heterocycles. The number of esters is 1. The topological polar surface area (TPSA) is 44.8 Å². The minimum Gasteiger partial charge on any atom is -0.497 e. The number of hydrogen-bond acceptors (Lipinski definition) is 4. The Morgan fingerprint density at radius 3 is 2.10 bits per heavy atom. The van der Waals surface area contributed by atoms with Gasteiger partial charge in [0.15, 0.2) is 0 Å². The highest BCUT2D eigenvalue weighted by molar-refractivity contribution is 5.73. The predicted molar refractivity (Wildman–Crippen MR) is 79.5 cm³/mol. The van der Waals surface area contributed by atoms with Crippen LogP contribution < -0.4 is 9.47 Å². The summed E-state index contributed by atoms with van der Waals surface area (Å²) >= 11 is 0. The van der Waals surface area contributed by atoms with Crippen LogP contribution in [-0.4, -0.2) is 20.2 Å². The Morgan fingerprint density at radius 1 is 0.905 bits per heavy atom. The van der Waals surface area contributed by atoms with Gasteiger partial charge in [-0.2, -0.15) is 0 Å². The number of carbonyl (C=O) groups is 1. The van der Waals surface area contributed by atoms with Gasteiger partial charge in [-0.05, 0) is 23.3 Å². The van der Waals surface area contributed by atoms with Gasteiger partial charge in [0.1, 0.15) is 18.1 Å². The van der Waals surface area contributed by atoms with Crippen LogP contribution in [0.25, 0.3) is 0 Å². The fourth-order valence-corrected chi connectivity index (χ4v) is 1.92. The minimum absolute atomic E-state index is 0.181. The van der Waals surface area contributed by atoms with Gasteiger partial charge < -0.3 is 14.2 Å². The smallest absolute Gasteiger partial charge is 0.310 e. The molecule has 0 N–H and O–H groups in total. The third-order valence-electron chi connectivity index (χ3n) is 3.00. The van der Waals surface area contributed by atoms with Crippen LogP contribution in [0.15, 0.2) is 48.5 Å². The van der Waals surface area contributed by atoms with E-state index in [1.54, 1.807) is 32.4 Å². The summed E-state index contributed by atoms with van der Waals surface area (Å²) < 4.78 is 15.6. The number of ether oxygens (including phenoxy) is 3. The molecule has 0 spiro atoms. The molecule has 0 aliphatic carbocycles. The molecule has 0 unspecified atom stereocenters. The Labute approximate surface area is 124 Å². The van der Waals surface area contributed by atoms with Gasteiger partial charge in [-0.15, -0.1) is 0 Å². The molecular formula is C17H18O4. The van der Waals surface area contributed by atoms with Crippen molar-refractivity contribution < 1.29 is 19.0 Å². The molecule has 0 saturated carbocycles. The van der Waals surface area contributed by atoms with Gasteiger partial charge in [0, 0.05) is 6.07 Å². The first-order valence-corrected chi connectivity index (χ1v) is 6.63. The molecule has 0 bridgehead atoms. The number of rotatable bonds is 6. The molecule has 0 fully saturated rings. The zero-order valence-corrected chi connectivity index (χ0v) is 12.2. The van der Waals surface area contributed by atoms with Crippen molar-refractivity contribution in [1.29, 1.82) is 0 Å². The van der Waals surface area contributed by atoms with Gasteiger partial charge in [0.2, 0.25) is 0 Å². The number of carbonyl (C=O) groups excluding carboxylic acids is 1. The van der Waals surface area contributed by atoms with E-state index in [1.807, 2.05) is 30.3 Å². The van der Waals surface area contributed by atoms with E-state index in [1.165, 1.54) is 0 Å². The summed E-state index contributed by atoms with van der Waals surface area (Å²) in [4.78, 5) is 11.9. The van der Waals surface area contributed by atoms with E-state index in [4.69, 9.17) is 14.2 Å². The zero-order valence-electron chi connectivity index (χ0n) is 12.2. The lowest BCUT2D eigenvalue weighted by Gasteiger charge is -2.09. The van der Waals surface area contributed by atoms with E-state index in [2.05, 4.69) is 0 Å². The maximum Gasteiger partial charge on any atom is 0.310 e. The molecule has 0 atom stereocenters. The van der Waals surface area contributed by atoms with Crippen molar-refractivity contribution in [1.82, 2.24) is 0 Å². The Morgan fingerprint density at radius 2 is 1.52 bits per heavy atom. The largest absolute Gasteiger partial charge is 0.497 e. The standard InChI is InChI=1S/C17H18O4/c1-19-15-8-14(9-16(11-15)20-2)10-17(18)21-12-13-6-4-3-5-7-13/h3-9,11H,10,12H2,1-2H3. The molecule has 0 radical (unpaired) electrons. The molecule has 2 rings (SSSR count). The lowest BCUT2D eigenvalue weighted by Crippen LogP contribution is -2.08. The molecule has 2 aromatic rings. The van der Waals surface area contributed by atoms with Crippen LogP contribution in [0.1, 0.15) is 11.1 Å². The lowest BCUT2D eigenvalue weighted by atomic mass is 10.1. The van der Waals surface area contributed by atoms with Crippen LogP contribution in [0.3, 0.4) is 0 Å². The fraction of sp³-hybridized carbons (Fsp3) is 0.235. The molecule has 0 aromatic heterocycles. The first-order chi connectivity index (χ1) is 10.2. The predicted octanol–water partition coefficient (Wildman–Crippen LogP) is 2.99. The Hall–Kier alpha value is -2.49. The highest BCUT2D eigenvalue weighted by atomic mass is 16.5. The summed E-state index contributed by atoms with van der Waals surface area (Å²) in [5.41, 5.74) is 1.76. The van der Waals surface area contributed by atoms with E-state index in [9.17, 15) is 4.79 Å². The van der Waals surface area contributed by atoms with E-state index >= 15 is 0 Å². The maximum atomic E-state index is 11.9. The summed E-state index contributed by atoms with van der Waals surface area (Å²) in [6, 6.07) is 14.9. The van der Waals surface area contributed by atoms with Crippen molar-refractivity contribution in [2.45, 2.75) is 13.0 Å². The molecule has 0 saturated heterocycles. The van der Waals surface area contributed by atoms with E-state index < -0.39 is 0 Å². The summed E-state index contributed by atoms with van der Waals surface area (Å²) in [6.07, 6.45) is 0.181. The number of hydrogen-bond donors (Lipinski definition) is 0. The van der Waals surface area contributed by atoms with Crippen LogP contribution in [-0.2, 0) is 22.6 Å². The molecule has 110 valence electrons. The van der Waals surface area contributed by atoms with Crippen molar-refractivity contribution >= 4 is 5.97 Å². The van der Waals surface area contributed by atoms with Crippen LogP contribution in [0, 0.1) is 0 Å². The molecule has 0 amide bonds. The van der Waals surface area contributed by atoms with E-state index in [0.717, 1.165) is 11.1 Å². The quantitative estimate of drug-likeness (QED) is 0.766. The van der Waals surface area contributed by atoms with Gasteiger partial charge in [0.05, 0.1) is 20.6 Å². The molecule has 4 nitrogen and oxygen atoms in total. The van der Waals surface area contributed by atoms with Crippen molar-refractivity contribution in [3.63, 3.8) is 0 Å². The monoisotopic (exact) mass is 286 g/mol. The van der Waals surface area contributed by atoms with E-state index in [0.29, 0.717) is 11.5 Å². The molecule has 0 aliphatic rings. The van der Waals surface area contributed by atoms with Crippen LogP contribution >= 0.6 is 0 Å². The van der Waals surface area contributed by atoms with Crippen LogP contribution in [0.5, 0.6) is 11.5 Å². The molecular weight excluding hydrogens is 268 g/mol. The van der Waals surface area contributed by atoms with Gasteiger partial charge in [-0.3, -0.25) is 4.79 Å². The Kier molecular flexibility index (Phi) is 5.21. The second-order valence-electron chi connectivity index (χ2n) is 4.54. The second kappa shape index (κ2) is 7.33. The van der Waals surface area contributed by atoms with Crippen LogP contribution in [0.2, 0.25) is 0 Å². The first-order valence-electron chi connectivity index (χ1n) is 6.63. The van der Waals surface area contributed by atoms with Crippen molar-refractivity contribution in [3.05, 3.63) is 59.7 Å². The normalized spacial score (nSPS) is 10.0. The van der Waals surface area contributed by atoms with E-state index in [-0.39, 0.29) is 19.0 Å². The molecule has 4 heteroatoms. The summed E-state index contributed by atoms with van der Waals surface area (Å²) in [5, 5.41) is 0. The third kappa shape index (κ3) is 4.53. The second-order valence-corrected chi connectivity index (χ2v) is 4.54. The Balaban J connectivity index is 1.96. The van der Waals surface area contributed by atoms with Crippen molar-refractivity contribution in [2.75, 3.05) is 14.2 Å². The highest BCUT2D eigenvalue weighted by Gasteiger charge is 2.08. The average Bonchev–Trinajstić information content (AvgIpc) is 2.53. The summed E-state index contributed by atoms with van der Waals surface area (Å²) in [6.45, 7) is 0.279. The Bertz CT molecular complexity index is 571. The molecule has 0 aliphatic heterocycles. The van der Waals surface area contributed by atoms with Gasteiger partial charge in [-0.25, -0.2) is 0 Å². The fourth-order valence-electron chi connectivity index (χ4n) is 1.92. The zero-order chi connectivity index (χ0) is 15.1. The summed E-state index contributed by atoms with van der Waals surface area (Å²) in [5.74, 6) is 1.02. The molecule has 21 heavy (non-hydrogen) atoms. The SMILES string of the molecule is COc1cc(CC(=O)OCc2ccccc2)cc(OC)c1. The van der Waals surface area contributed by atoms with Gasteiger partial charge >= 0.3 is 5.97 Å². The number of benzene rings is 2. The average molecular weight is 286 g/mol.